The second kappa shape index (κ2) is 8.12. The van der Waals surface area contributed by atoms with Crippen molar-refractivity contribution < 1.29 is 9.53 Å². The van der Waals surface area contributed by atoms with E-state index < -0.39 is 0 Å². The van der Waals surface area contributed by atoms with Gasteiger partial charge >= 0.3 is 0 Å². The fourth-order valence-electron chi connectivity index (χ4n) is 3.63. The molecule has 0 saturated carbocycles. The van der Waals surface area contributed by atoms with Gasteiger partial charge in [0.1, 0.15) is 5.69 Å². The van der Waals surface area contributed by atoms with Crippen LogP contribution in [0.1, 0.15) is 49.3 Å². The molecule has 2 aliphatic heterocycles. The molecule has 3 heterocycles. The van der Waals surface area contributed by atoms with Gasteiger partial charge in [0.05, 0.1) is 6.61 Å². The summed E-state index contributed by atoms with van der Waals surface area (Å²) in [6.45, 7) is 9.39. The molecule has 0 spiro atoms. The maximum absolute atomic E-state index is 12.3. The molecule has 3 rings (SSSR count). The van der Waals surface area contributed by atoms with Crippen molar-refractivity contribution >= 4 is 5.91 Å². The van der Waals surface area contributed by atoms with E-state index >= 15 is 0 Å². The lowest BCUT2D eigenvalue weighted by molar-refractivity contribution is 0.0898. The number of aromatic nitrogens is 2. The van der Waals surface area contributed by atoms with Crippen LogP contribution in [0, 0.1) is 11.8 Å². The predicted molar refractivity (Wildman–Crippen MR) is 93.0 cm³/mol. The van der Waals surface area contributed by atoms with Gasteiger partial charge in [-0.25, -0.2) is 0 Å². The van der Waals surface area contributed by atoms with E-state index in [0.717, 1.165) is 57.8 Å². The molecule has 0 aliphatic carbocycles. The van der Waals surface area contributed by atoms with E-state index in [1.165, 1.54) is 6.42 Å². The van der Waals surface area contributed by atoms with Gasteiger partial charge in [-0.05, 0) is 43.6 Å². The van der Waals surface area contributed by atoms with Gasteiger partial charge in [-0.1, -0.05) is 13.8 Å². The summed E-state index contributed by atoms with van der Waals surface area (Å²) in [7, 11) is 0. The highest BCUT2D eigenvalue weighted by Crippen LogP contribution is 2.18. The number of hydrogen-bond acceptors (Lipinski definition) is 4. The molecule has 1 aromatic rings. The molecule has 2 aliphatic rings. The minimum absolute atomic E-state index is 0.0519. The maximum Gasteiger partial charge on any atom is 0.271 e. The molecule has 2 N–H and O–H groups in total. The summed E-state index contributed by atoms with van der Waals surface area (Å²) in [5.41, 5.74) is 1.54. The zero-order chi connectivity index (χ0) is 16.9. The number of hydrogen-bond donors (Lipinski definition) is 2. The lowest BCUT2D eigenvalue weighted by atomic mass is 10.0. The Hall–Kier alpha value is -1.40. The summed E-state index contributed by atoms with van der Waals surface area (Å²) < 4.78 is 5.45. The quantitative estimate of drug-likeness (QED) is 0.833. The molecule has 2 saturated heterocycles. The number of nitrogens with one attached hydrogen (secondary N) is 2. The van der Waals surface area contributed by atoms with Crippen LogP contribution in [0.5, 0.6) is 0 Å². The summed E-state index contributed by atoms with van der Waals surface area (Å²) in [5.74, 6) is 1.19. The minimum Gasteiger partial charge on any atom is -0.381 e. The van der Waals surface area contributed by atoms with Crippen LogP contribution in [0.15, 0.2) is 6.07 Å². The molecule has 1 aromatic heterocycles. The Morgan fingerprint density at radius 2 is 2.21 bits per heavy atom. The molecule has 0 unspecified atom stereocenters. The number of carbonyl (C=O) groups excluding carboxylic acids is 1. The predicted octanol–water partition coefficient (Wildman–Crippen LogP) is 1.84. The number of ether oxygens (including phenoxy) is 1. The first-order valence-corrected chi connectivity index (χ1v) is 9.25. The molecule has 0 bridgehead atoms. The van der Waals surface area contributed by atoms with Crippen molar-refractivity contribution in [2.75, 3.05) is 32.8 Å². The van der Waals surface area contributed by atoms with Crippen molar-refractivity contribution in [3.05, 3.63) is 17.5 Å². The van der Waals surface area contributed by atoms with Crippen LogP contribution < -0.4 is 5.32 Å². The first-order chi connectivity index (χ1) is 11.6. The van der Waals surface area contributed by atoms with E-state index in [9.17, 15) is 4.79 Å². The monoisotopic (exact) mass is 334 g/mol. The molecular weight excluding hydrogens is 304 g/mol. The Balaban J connectivity index is 1.42. The fraction of sp³-hybridized carbons (Fsp3) is 0.778. The van der Waals surface area contributed by atoms with E-state index in [-0.39, 0.29) is 11.9 Å². The molecule has 1 amide bonds. The average molecular weight is 334 g/mol. The summed E-state index contributed by atoms with van der Waals surface area (Å²) in [5, 5.41) is 10.3. The van der Waals surface area contributed by atoms with Gasteiger partial charge in [0, 0.05) is 38.0 Å². The number of carbonyl (C=O) groups is 1. The first kappa shape index (κ1) is 17.4. The van der Waals surface area contributed by atoms with Gasteiger partial charge in [0.15, 0.2) is 0 Å². The van der Waals surface area contributed by atoms with Crippen LogP contribution in [0.4, 0.5) is 0 Å². The van der Waals surface area contributed by atoms with Crippen LogP contribution >= 0.6 is 0 Å². The number of nitrogens with zero attached hydrogens (tertiary/aromatic N) is 2. The van der Waals surface area contributed by atoms with Crippen molar-refractivity contribution in [3.63, 3.8) is 0 Å². The van der Waals surface area contributed by atoms with Crippen LogP contribution in [0.25, 0.3) is 0 Å². The van der Waals surface area contributed by atoms with Crippen LogP contribution in [0.3, 0.4) is 0 Å². The van der Waals surface area contributed by atoms with Crippen molar-refractivity contribution in [2.24, 2.45) is 11.8 Å². The third kappa shape index (κ3) is 4.80. The van der Waals surface area contributed by atoms with Crippen molar-refractivity contribution in [1.82, 2.24) is 20.4 Å². The number of rotatable bonds is 6. The molecule has 1 atom stereocenters. The summed E-state index contributed by atoms with van der Waals surface area (Å²) >= 11 is 0. The zero-order valence-electron chi connectivity index (χ0n) is 14.9. The first-order valence-electron chi connectivity index (χ1n) is 9.25. The topological polar surface area (TPSA) is 70.2 Å². The Morgan fingerprint density at radius 1 is 1.42 bits per heavy atom. The van der Waals surface area contributed by atoms with Gasteiger partial charge in [0.2, 0.25) is 0 Å². The summed E-state index contributed by atoms with van der Waals surface area (Å²) in [6.07, 6.45) is 4.14. The van der Waals surface area contributed by atoms with Gasteiger partial charge in [-0.15, -0.1) is 0 Å². The lowest BCUT2D eigenvalue weighted by Gasteiger charge is -2.33. The second-order valence-electron chi connectivity index (χ2n) is 7.65. The number of likely N-dealkylation sites (tertiary alicyclic amines) is 1. The molecule has 6 heteroatoms. The Morgan fingerprint density at radius 3 is 2.88 bits per heavy atom. The summed E-state index contributed by atoms with van der Waals surface area (Å²) in [4.78, 5) is 14.9. The smallest absolute Gasteiger partial charge is 0.271 e. The Kier molecular flexibility index (Phi) is 5.89. The molecule has 0 radical (unpaired) electrons. The molecule has 134 valence electrons. The molecule has 6 nitrogen and oxygen atoms in total. The Bertz CT molecular complexity index is 529. The zero-order valence-corrected chi connectivity index (χ0v) is 14.9. The van der Waals surface area contributed by atoms with Crippen molar-refractivity contribution in [3.8, 4) is 0 Å². The second-order valence-corrected chi connectivity index (χ2v) is 7.65. The fourth-order valence-corrected chi connectivity index (χ4v) is 3.63. The van der Waals surface area contributed by atoms with E-state index in [0.29, 0.717) is 17.5 Å². The molecular formula is C18H30N4O2. The number of piperidine rings is 1. The van der Waals surface area contributed by atoms with E-state index in [1.54, 1.807) is 0 Å². The number of aromatic amines is 1. The van der Waals surface area contributed by atoms with Crippen molar-refractivity contribution in [2.45, 2.75) is 45.6 Å². The highest BCUT2D eigenvalue weighted by Gasteiger charge is 2.25. The lowest BCUT2D eigenvalue weighted by Crippen LogP contribution is -2.45. The standard InChI is InChI=1S/C18H30N4O2/c1-13(2)9-16-10-17(21-20-16)18(23)19-15-3-6-22(7-4-15)11-14-5-8-24-12-14/h10,13-15H,3-9,11-12H2,1-2H3,(H,19,23)(H,20,21)/t14-/m0/s1. The van der Waals surface area contributed by atoms with E-state index in [1.807, 2.05) is 6.07 Å². The summed E-state index contributed by atoms with van der Waals surface area (Å²) in [6, 6.07) is 2.14. The van der Waals surface area contributed by atoms with Gasteiger partial charge < -0.3 is 15.0 Å². The largest absolute Gasteiger partial charge is 0.381 e. The third-order valence-corrected chi connectivity index (χ3v) is 4.95. The minimum atomic E-state index is -0.0519. The van der Waals surface area contributed by atoms with Crippen LogP contribution in [0.2, 0.25) is 0 Å². The van der Waals surface area contributed by atoms with Crippen molar-refractivity contribution in [1.29, 1.82) is 0 Å². The van der Waals surface area contributed by atoms with E-state index in [4.69, 9.17) is 4.74 Å². The SMILES string of the molecule is CC(C)Cc1cc(C(=O)NC2CCN(C[C@@H]3CCOC3)CC2)n[nH]1. The normalized spacial score (nSPS) is 23.0. The molecule has 2 fully saturated rings. The van der Waals surface area contributed by atoms with Gasteiger partial charge in [-0.2, -0.15) is 5.10 Å². The number of H-pyrrole nitrogens is 1. The van der Waals surface area contributed by atoms with E-state index in [2.05, 4.69) is 34.3 Å². The van der Waals surface area contributed by atoms with Crippen LogP contribution in [-0.4, -0.2) is 59.9 Å². The third-order valence-electron chi connectivity index (χ3n) is 4.95. The number of amides is 1. The molecule has 0 aromatic carbocycles. The Labute approximate surface area is 144 Å². The van der Waals surface area contributed by atoms with Gasteiger partial charge in [0.25, 0.3) is 5.91 Å². The highest BCUT2D eigenvalue weighted by atomic mass is 16.5. The van der Waals surface area contributed by atoms with Crippen LogP contribution in [-0.2, 0) is 11.2 Å². The average Bonchev–Trinajstić information content (AvgIpc) is 3.20. The maximum atomic E-state index is 12.3. The molecule has 24 heavy (non-hydrogen) atoms. The van der Waals surface area contributed by atoms with Gasteiger partial charge in [-0.3, -0.25) is 9.89 Å². The highest BCUT2D eigenvalue weighted by molar-refractivity contribution is 5.92.